The number of rotatable bonds is 6. The summed E-state index contributed by atoms with van der Waals surface area (Å²) < 4.78 is 5.45. The monoisotopic (exact) mass is 257 g/mol. The SMILES string of the molecule is CCCCN(CC)C(=O)c1ccc(C(C)Cl)o1. The fraction of sp³-hybridized carbons (Fsp3) is 0.615. The molecule has 0 radical (unpaired) electrons. The molecule has 0 spiro atoms. The van der Waals surface area contributed by atoms with Gasteiger partial charge in [0.25, 0.3) is 5.91 Å². The first-order chi connectivity index (χ1) is 8.10. The van der Waals surface area contributed by atoms with Crippen LogP contribution in [0, 0.1) is 0 Å². The number of amides is 1. The van der Waals surface area contributed by atoms with Gasteiger partial charge in [0.15, 0.2) is 5.76 Å². The molecular formula is C13H20ClNO2. The number of alkyl halides is 1. The van der Waals surface area contributed by atoms with Gasteiger partial charge >= 0.3 is 0 Å². The highest BCUT2D eigenvalue weighted by atomic mass is 35.5. The summed E-state index contributed by atoms with van der Waals surface area (Å²) in [5.41, 5.74) is 0. The summed E-state index contributed by atoms with van der Waals surface area (Å²) in [5, 5.41) is -0.206. The van der Waals surface area contributed by atoms with Gasteiger partial charge in [-0.05, 0) is 32.4 Å². The molecule has 1 atom stereocenters. The van der Waals surface area contributed by atoms with Crippen molar-refractivity contribution in [1.29, 1.82) is 0 Å². The van der Waals surface area contributed by atoms with E-state index in [0.717, 1.165) is 19.4 Å². The maximum atomic E-state index is 12.1. The molecule has 4 heteroatoms. The summed E-state index contributed by atoms with van der Waals surface area (Å²) in [4.78, 5) is 13.9. The maximum Gasteiger partial charge on any atom is 0.289 e. The molecule has 1 heterocycles. The summed E-state index contributed by atoms with van der Waals surface area (Å²) >= 11 is 5.90. The molecule has 3 nitrogen and oxygen atoms in total. The second-order valence-electron chi connectivity index (χ2n) is 4.06. The molecule has 17 heavy (non-hydrogen) atoms. The fourth-order valence-electron chi connectivity index (χ4n) is 1.59. The third kappa shape index (κ3) is 3.77. The number of hydrogen-bond donors (Lipinski definition) is 0. The van der Waals surface area contributed by atoms with Crippen LogP contribution in [-0.4, -0.2) is 23.9 Å². The van der Waals surface area contributed by atoms with E-state index in [4.69, 9.17) is 16.0 Å². The lowest BCUT2D eigenvalue weighted by molar-refractivity contribution is 0.0728. The lowest BCUT2D eigenvalue weighted by Crippen LogP contribution is -2.31. The minimum Gasteiger partial charge on any atom is -0.454 e. The third-order valence-corrected chi connectivity index (χ3v) is 2.90. The summed E-state index contributed by atoms with van der Waals surface area (Å²) in [7, 11) is 0. The van der Waals surface area contributed by atoms with Gasteiger partial charge < -0.3 is 9.32 Å². The molecule has 1 aromatic heterocycles. The largest absolute Gasteiger partial charge is 0.454 e. The Bertz CT molecular complexity index is 360. The molecule has 0 saturated carbocycles. The van der Waals surface area contributed by atoms with Crippen molar-refractivity contribution in [3.05, 3.63) is 23.7 Å². The predicted octanol–water partition coefficient (Wildman–Crippen LogP) is 3.84. The zero-order chi connectivity index (χ0) is 12.8. The Kier molecular flexibility index (Phi) is 5.56. The predicted molar refractivity (Wildman–Crippen MR) is 69.5 cm³/mol. The molecule has 96 valence electrons. The van der Waals surface area contributed by atoms with Crippen LogP contribution in [0.1, 0.15) is 55.3 Å². The second kappa shape index (κ2) is 6.70. The maximum absolute atomic E-state index is 12.1. The molecule has 0 aromatic carbocycles. The molecule has 0 aliphatic heterocycles. The highest BCUT2D eigenvalue weighted by Gasteiger charge is 2.18. The van der Waals surface area contributed by atoms with Crippen molar-refractivity contribution in [2.75, 3.05) is 13.1 Å². The number of nitrogens with zero attached hydrogens (tertiary/aromatic N) is 1. The van der Waals surface area contributed by atoms with Crippen LogP contribution in [0.2, 0.25) is 0 Å². The zero-order valence-electron chi connectivity index (χ0n) is 10.7. The van der Waals surface area contributed by atoms with Crippen molar-refractivity contribution in [1.82, 2.24) is 4.90 Å². The number of carbonyl (C=O) groups excluding carboxylic acids is 1. The molecule has 1 unspecified atom stereocenters. The van der Waals surface area contributed by atoms with Crippen LogP contribution in [-0.2, 0) is 0 Å². The van der Waals surface area contributed by atoms with Crippen molar-refractivity contribution >= 4 is 17.5 Å². The summed E-state index contributed by atoms with van der Waals surface area (Å²) in [6.07, 6.45) is 2.09. The molecule has 1 rings (SSSR count). The molecule has 1 amide bonds. The Morgan fingerprint density at radius 3 is 2.65 bits per heavy atom. The number of furan rings is 1. The van der Waals surface area contributed by atoms with Gasteiger partial charge in [0.1, 0.15) is 5.76 Å². The molecule has 1 aromatic rings. The van der Waals surface area contributed by atoms with E-state index in [0.29, 0.717) is 18.1 Å². The van der Waals surface area contributed by atoms with Crippen LogP contribution >= 0.6 is 11.6 Å². The first-order valence-electron chi connectivity index (χ1n) is 6.13. The smallest absolute Gasteiger partial charge is 0.289 e. The minimum atomic E-state index is -0.206. The Hall–Kier alpha value is -0.960. The lowest BCUT2D eigenvalue weighted by atomic mass is 10.3. The number of hydrogen-bond acceptors (Lipinski definition) is 2. The van der Waals surface area contributed by atoms with E-state index in [1.165, 1.54) is 0 Å². The van der Waals surface area contributed by atoms with Gasteiger partial charge in [-0.1, -0.05) is 13.3 Å². The van der Waals surface area contributed by atoms with Crippen LogP contribution < -0.4 is 0 Å². The highest BCUT2D eigenvalue weighted by molar-refractivity contribution is 6.20. The van der Waals surface area contributed by atoms with E-state index in [1.54, 1.807) is 17.0 Å². The Labute approximate surface area is 108 Å². The van der Waals surface area contributed by atoms with Crippen LogP contribution in [0.3, 0.4) is 0 Å². The van der Waals surface area contributed by atoms with E-state index >= 15 is 0 Å². The normalized spacial score (nSPS) is 12.5. The van der Waals surface area contributed by atoms with Crippen molar-refractivity contribution in [2.45, 2.75) is 39.0 Å². The molecule has 0 fully saturated rings. The van der Waals surface area contributed by atoms with Crippen molar-refractivity contribution in [2.24, 2.45) is 0 Å². The van der Waals surface area contributed by atoms with Gasteiger partial charge in [-0.3, -0.25) is 4.79 Å². The second-order valence-corrected chi connectivity index (χ2v) is 4.71. The molecule has 0 saturated heterocycles. The van der Waals surface area contributed by atoms with E-state index in [1.807, 2.05) is 13.8 Å². The van der Waals surface area contributed by atoms with E-state index in [2.05, 4.69) is 6.92 Å². The molecule has 0 aliphatic carbocycles. The standard InChI is InChI=1S/C13H20ClNO2/c1-4-6-9-15(5-2)13(16)12-8-7-11(17-12)10(3)14/h7-8,10H,4-6,9H2,1-3H3. The summed E-state index contributed by atoms with van der Waals surface area (Å²) in [5.74, 6) is 0.969. The Balaban J connectivity index is 2.72. The number of halogens is 1. The van der Waals surface area contributed by atoms with Crippen molar-refractivity contribution in [3.8, 4) is 0 Å². The highest BCUT2D eigenvalue weighted by Crippen LogP contribution is 2.22. The molecule has 0 N–H and O–H groups in total. The van der Waals surface area contributed by atoms with Gasteiger partial charge in [0.05, 0.1) is 5.38 Å². The minimum absolute atomic E-state index is 0.0514. The fourth-order valence-corrected chi connectivity index (χ4v) is 1.71. The van der Waals surface area contributed by atoms with E-state index in [9.17, 15) is 4.79 Å². The van der Waals surface area contributed by atoms with Gasteiger partial charge in [-0.15, -0.1) is 11.6 Å². The number of unbranched alkanes of at least 4 members (excludes halogenated alkanes) is 1. The average Bonchev–Trinajstić information content (AvgIpc) is 2.79. The van der Waals surface area contributed by atoms with Gasteiger partial charge in [-0.25, -0.2) is 0 Å². The summed E-state index contributed by atoms with van der Waals surface area (Å²) in [6.45, 7) is 7.38. The van der Waals surface area contributed by atoms with Gasteiger partial charge in [0.2, 0.25) is 0 Å². The molecule has 0 bridgehead atoms. The van der Waals surface area contributed by atoms with E-state index in [-0.39, 0.29) is 11.3 Å². The lowest BCUT2D eigenvalue weighted by Gasteiger charge is -2.19. The first kappa shape index (κ1) is 14.1. The quantitative estimate of drug-likeness (QED) is 0.726. The molecule has 0 aliphatic rings. The van der Waals surface area contributed by atoms with Crippen LogP contribution in [0.5, 0.6) is 0 Å². The van der Waals surface area contributed by atoms with E-state index < -0.39 is 0 Å². The zero-order valence-corrected chi connectivity index (χ0v) is 11.5. The number of carbonyl (C=O) groups is 1. The Morgan fingerprint density at radius 1 is 1.47 bits per heavy atom. The topological polar surface area (TPSA) is 33.5 Å². The van der Waals surface area contributed by atoms with Gasteiger partial charge in [-0.2, -0.15) is 0 Å². The Morgan fingerprint density at radius 2 is 2.18 bits per heavy atom. The van der Waals surface area contributed by atoms with Crippen LogP contribution in [0.15, 0.2) is 16.5 Å². The third-order valence-electron chi connectivity index (χ3n) is 2.68. The van der Waals surface area contributed by atoms with Gasteiger partial charge in [0, 0.05) is 13.1 Å². The molecular weight excluding hydrogens is 238 g/mol. The first-order valence-corrected chi connectivity index (χ1v) is 6.56. The van der Waals surface area contributed by atoms with Crippen molar-refractivity contribution in [3.63, 3.8) is 0 Å². The van der Waals surface area contributed by atoms with Crippen LogP contribution in [0.4, 0.5) is 0 Å². The van der Waals surface area contributed by atoms with Crippen molar-refractivity contribution < 1.29 is 9.21 Å². The summed E-state index contributed by atoms with van der Waals surface area (Å²) in [6, 6.07) is 3.46. The average molecular weight is 258 g/mol. The van der Waals surface area contributed by atoms with Crippen LogP contribution in [0.25, 0.3) is 0 Å².